The van der Waals surface area contributed by atoms with Crippen LogP contribution in [0.4, 0.5) is 5.69 Å². The molecule has 0 saturated carbocycles. The van der Waals surface area contributed by atoms with Gasteiger partial charge in [-0.25, -0.2) is 0 Å². The van der Waals surface area contributed by atoms with Crippen molar-refractivity contribution < 1.29 is 9.53 Å². The molecule has 1 amide bonds. The number of anilines is 1. The smallest absolute Gasteiger partial charge is 0.262 e. The van der Waals surface area contributed by atoms with Crippen LogP contribution in [0.1, 0.15) is 25.3 Å². The van der Waals surface area contributed by atoms with E-state index in [1.54, 1.807) is 24.3 Å². The number of ether oxygens (including phenoxy) is 1. The Labute approximate surface area is 129 Å². The average Bonchev–Trinajstić information content (AvgIpc) is 2.45. The fourth-order valence-electron chi connectivity index (χ4n) is 1.86. The van der Waals surface area contributed by atoms with Gasteiger partial charge in [0.25, 0.3) is 5.91 Å². The van der Waals surface area contributed by atoms with Crippen molar-refractivity contribution in [2.24, 2.45) is 0 Å². The van der Waals surface area contributed by atoms with Gasteiger partial charge in [0.2, 0.25) is 0 Å². The Morgan fingerprint density at radius 3 is 2.52 bits per heavy atom. The van der Waals surface area contributed by atoms with Crippen molar-refractivity contribution in [2.45, 2.75) is 19.8 Å². The van der Waals surface area contributed by atoms with Crippen molar-refractivity contribution in [3.8, 4) is 5.75 Å². The largest absolute Gasteiger partial charge is 0.484 e. The van der Waals surface area contributed by atoms with Crippen LogP contribution < -0.4 is 10.1 Å². The van der Waals surface area contributed by atoms with Gasteiger partial charge >= 0.3 is 0 Å². The number of amides is 1. The zero-order valence-corrected chi connectivity index (χ0v) is 12.9. The van der Waals surface area contributed by atoms with Gasteiger partial charge in [-0.1, -0.05) is 43.6 Å². The highest BCUT2D eigenvalue weighted by Crippen LogP contribution is 2.19. The highest BCUT2D eigenvalue weighted by atomic mass is 35.5. The molecule has 2 rings (SSSR count). The number of hydrogen-bond donors (Lipinski definition) is 1. The van der Waals surface area contributed by atoms with Crippen LogP contribution in [0.25, 0.3) is 0 Å². The molecule has 110 valence electrons. The van der Waals surface area contributed by atoms with E-state index < -0.39 is 0 Å². The topological polar surface area (TPSA) is 38.3 Å². The summed E-state index contributed by atoms with van der Waals surface area (Å²) in [5.41, 5.74) is 1.90. The molecule has 0 aliphatic rings. The van der Waals surface area contributed by atoms with Gasteiger partial charge in [0.15, 0.2) is 6.61 Å². The Kier molecular flexibility index (Phi) is 5.23. The summed E-state index contributed by atoms with van der Waals surface area (Å²) < 4.78 is 5.46. The molecule has 0 fully saturated rings. The van der Waals surface area contributed by atoms with Crippen LogP contribution >= 0.6 is 11.6 Å². The summed E-state index contributed by atoms with van der Waals surface area (Å²) in [4.78, 5) is 11.8. The molecular weight excluding hydrogens is 286 g/mol. The van der Waals surface area contributed by atoms with Crippen LogP contribution in [0.5, 0.6) is 5.75 Å². The number of halogens is 1. The van der Waals surface area contributed by atoms with E-state index in [2.05, 4.69) is 19.2 Å². The molecular formula is C17H18ClNO2. The normalized spacial score (nSPS) is 10.5. The van der Waals surface area contributed by atoms with E-state index in [1.165, 1.54) is 5.56 Å². The van der Waals surface area contributed by atoms with E-state index in [1.807, 2.05) is 24.3 Å². The number of benzene rings is 2. The van der Waals surface area contributed by atoms with E-state index >= 15 is 0 Å². The third-order valence-electron chi connectivity index (χ3n) is 3.03. The van der Waals surface area contributed by atoms with Crippen LogP contribution in [0.3, 0.4) is 0 Å². The van der Waals surface area contributed by atoms with E-state index in [0.717, 1.165) is 0 Å². The zero-order valence-electron chi connectivity index (χ0n) is 12.1. The summed E-state index contributed by atoms with van der Waals surface area (Å²) in [6.07, 6.45) is 0. The summed E-state index contributed by atoms with van der Waals surface area (Å²) in [6.45, 7) is 4.23. The summed E-state index contributed by atoms with van der Waals surface area (Å²) in [5.74, 6) is 0.941. The zero-order chi connectivity index (χ0) is 15.2. The molecule has 0 atom stereocenters. The Hall–Kier alpha value is -2.00. The number of rotatable bonds is 5. The first-order valence-electron chi connectivity index (χ1n) is 6.83. The average molecular weight is 304 g/mol. The van der Waals surface area contributed by atoms with Crippen molar-refractivity contribution in [3.63, 3.8) is 0 Å². The maximum absolute atomic E-state index is 11.8. The standard InChI is InChI=1S/C17H18ClNO2/c1-12(2)13-6-8-16(9-7-13)21-11-17(20)19-15-5-3-4-14(18)10-15/h3-10,12H,11H2,1-2H3,(H,19,20). The predicted octanol–water partition coefficient (Wildman–Crippen LogP) is 4.48. The second kappa shape index (κ2) is 7.14. The van der Waals surface area contributed by atoms with Gasteiger partial charge < -0.3 is 10.1 Å². The molecule has 3 nitrogen and oxygen atoms in total. The number of carbonyl (C=O) groups is 1. The summed E-state index contributed by atoms with van der Waals surface area (Å²) in [7, 11) is 0. The van der Waals surface area contributed by atoms with Gasteiger partial charge in [-0.2, -0.15) is 0 Å². The molecule has 2 aromatic rings. The second-order valence-electron chi connectivity index (χ2n) is 5.07. The second-order valence-corrected chi connectivity index (χ2v) is 5.51. The van der Waals surface area contributed by atoms with Gasteiger partial charge in [0.05, 0.1) is 0 Å². The lowest BCUT2D eigenvalue weighted by Gasteiger charge is -2.09. The van der Waals surface area contributed by atoms with Crippen LogP contribution in [-0.2, 0) is 4.79 Å². The Morgan fingerprint density at radius 1 is 1.19 bits per heavy atom. The summed E-state index contributed by atoms with van der Waals surface area (Å²) in [5, 5.41) is 3.32. The van der Waals surface area contributed by atoms with Crippen LogP contribution in [0, 0.1) is 0 Å². The minimum Gasteiger partial charge on any atom is -0.484 e. The molecule has 21 heavy (non-hydrogen) atoms. The molecule has 4 heteroatoms. The van der Waals surface area contributed by atoms with Crippen molar-refractivity contribution in [2.75, 3.05) is 11.9 Å². The number of hydrogen-bond acceptors (Lipinski definition) is 2. The Morgan fingerprint density at radius 2 is 1.90 bits per heavy atom. The predicted molar refractivity (Wildman–Crippen MR) is 86.1 cm³/mol. The van der Waals surface area contributed by atoms with E-state index in [0.29, 0.717) is 22.4 Å². The summed E-state index contributed by atoms with van der Waals surface area (Å²) in [6, 6.07) is 14.8. The maximum atomic E-state index is 11.8. The third-order valence-corrected chi connectivity index (χ3v) is 3.26. The minimum absolute atomic E-state index is 0.0342. The van der Waals surface area contributed by atoms with E-state index in [4.69, 9.17) is 16.3 Å². The maximum Gasteiger partial charge on any atom is 0.262 e. The molecule has 0 bridgehead atoms. The van der Waals surface area contributed by atoms with Crippen molar-refractivity contribution in [3.05, 3.63) is 59.1 Å². The molecule has 0 unspecified atom stereocenters. The lowest BCUT2D eigenvalue weighted by molar-refractivity contribution is -0.118. The molecule has 0 aliphatic carbocycles. The highest BCUT2D eigenvalue weighted by molar-refractivity contribution is 6.30. The van der Waals surface area contributed by atoms with Crippen molar-refractivity contribution in [1.29, 1.82) is 0 Å². The molecule has 0 saturated heterocycles. The van der Waals surface area contributed by atoms with Gasteiger partial charge in [0.1, 0.15) is 5.75 Å². The first-order chi connectivity index (χ1) is 10.0. The quantitative estimate of drug-likeness (QED) is 0.884. The van der Waals surface area contributed by atoms with Crippen molar-refractivity contribution in [1.82, 2.24) is 0 Å². The van der Waals surface area contributed by atoms with Gasteiger partial charge in [-0.05, 0) is 41.8 Å². The lowest BCUT2D eigenvalue weighted by atomic mass is 10.0. The monoisotopic (exact) mass is 303 g/mol. The highest BCUT2D eigenvalue weighted by Gasteiger charge is 2.05. The summed E-state index contributed by atoms with van der Waals surface area (Å²) >= 11 is 5.86. The lowest BCUT2D eigenvalue weighted by Crippen LogP contribution is -2.20. The number of nitrogens with one attached hydrogen (secondary N) is 1. The Bertz CT molecular complexity index is 608. The molecule has 0 radical (unpaired) electrons. The van der Waals surface area contributed by atoms with Crippen LogP contribution in [-0.4, -0.2) is 12.5 Å². The molecule has 2 aromatic carbocycles. The first-order valence-corrected chi connectivity index (χ1v) is 7.20. The SMILES string of the molecule is CC(C)c1ccc(OCC(=O)Nc2cccc(Cl)c2)cc1. The fourth-order valence-corrected chi connectivity index (χ4v) is 2.05. The third kappa shape index (κ3) is 4.80. The van der Waals surface area contributed by atoms with Gasteiger partial charge in [0, 0.05) is 10.7 Å². The molecule has 0 spiro atoms. The number of carbonyl (C=O) groups excluding carboxylic acids is 1. The van der Waals surface area contributed by atoms with E-state index in [-0.39, 0.29) is 12.5 Å². The minimum atomic E-state index is -0.217. The Balaban J connectivity index is 1.86. The van der Waals surface area contributed by atoms with E-state index in [9.17, 15) is 4.79 Å². The van der Waals surface area contributed by atoms with Gasteiger partial charge in [-0.3, -0.25) is 4.79 Å². The molecule has 1 N–H and O–H groups in total. The molecule has 0 aromatic heterocycles. The molecule has 0 aliphatic heterocycles. The van der Waals surface area contributed by atoms with Gasteiger partial charge in [-0.15, -0.1) is 0 Å². The van der Waals surface area contributed by atoms with Crippen LogP contribution in [0.15, 0.2) is 48.5 Å². The molecule has 0 heterocycles. The van der Waals surface area contributed by atoms with Crippen molar-refractivity contribution >= 4 is 23.2 Å². The van der Waals surface area contributed by atoms with Crippen LogP contribution in [0.2, 0.25) is 5.02 Å². The fraction of sp³-hybridized carbons (Fsp3) is 0.235. The first kappa shape index (κ1) is 15.4.